The number of rotatable bonds is 2. The summed E-state index contributed by atoms with van der Waals surface area (Å²) in [5.41, 5.74) is 0. The first-order chi connectivity index (χ1) is 11.4. The van der Waals surface area contributed by atoms with Crippen molar-refractivity contribution in [2.45, 2.75) is 0 Å². The summed E-state index contributed by atoms with van der Waals surface area (Å²) < 4.78 is 130. The van der Waals surface area contributed by atoms with Gasteiger partial charge in [-0.2, -0.15) is 0 Å². The van der Waals surface area contributed by atoms with Crippen molar-refractivity contribution in [2.24, 2.45) is 0 Å². The van der Waals surface area contributed by atoms with Crippen molar-refractivity contribution in [3.63, 3.8) is 0 Å². The largest absolute Gasteiger partial charge is 0.203 e. The normalized spacial score (nSPS) is 12.0. The predicted molar refractivity (Wildman–Crippen MR) is 74.9 cm³/mol. The maximum atomic E-state index is 13.8. The molecule has 0 amide bonds. The summed E-state index contributed by atoms with van der Waals surface area (Å²) in [6.07, 6.45) is 0. The van der Waals surface area contributed by atoms with E-state index in [0.717, 1.165) is 0 Å². The lowest BCUT2D eigenvalue weighted by molar-refractivity contribution is 0.383. The summed E-state index contributed by atoms with van der Waals surface area (Å²) in [7, 11) is 0. The minimum Gasteiger partial charge on any atom is -0.203 e. The minimum absolute atomic E-state index is 1.90. The molecule has 0 atom stereocenters. The average Bonchev–Trinajstić information content (AvgIpc) is 2.54. The van der Waals surface area contributed by atoms with Crippen LogP contribution in [0.1, 0.15) is 0 Å². The molecule has 0 unspecified atom stereocenters. The third-order valence-electron chi connectivity index (χ3n) is 2.95. The van der Waals surface area contributed by atoms with Gasteiger partial charge in [-0.05, 0) is 15.5 Å². The van der Waals surface area contributed by atoms with E-state index in [1.807, 2.05) is 0 Å². The van der Waals surface area contributed by atoms with Gasteiger partial charge in [-0.15, -0.1) is 0 Å². The van der Waals surface area contributed by atoms with E-state index in [4.69, 9.17) is 0 Å². The van der Waals surface area contributed by atoms with Gasteiger partial charge in [0.2, 0.25) is 11.6 Å². The molecule has 25 heavy (non-hydrogen) atoms. The van der Waals surface area contributed by atoms with E-state index in [9.17, 15) is 43.9 Å². The van der Waals surface area contributed by atoms with Crippen molar-refractivity contribution in [2.75, 3.05) is 0 Å². The van der Waals surface area contributed by atoms with Gasteiger partial charge < -0.3 is 0 Å². The second kappa shape index (κ2) is 6.55. The molecule has 0 heterocycles. The first kappa shape index (κ1) is 20.2. The number of hydrogen-bond donors (Lipinski definition) is 0. The highest BCUT2D eigenvalue weighted by Gasteiger charge is 2.40. The van der Waals surface area contributed by atoms with Gasteiger partial charge in [-0.1, -0.05) is 11.8 Å². The van der Waals surface area contributed by atoms with Crippen LogP contribution >= 0.6 is 20.2 Å². The van der Waals surface area contributed by atoms with Crippen molar-refractivity contribution >= 4 is 42.6 Å². The molecule has 0 aromatic heterocycles. The summed E-state index contributed by atoms with van der Waals surface area (Å²) in [4.78, 5) is 0. The van der Waals surface area contributed by atoms with Crippen molar-refractivity contribution in [1.82, 2.24) is 0 Å². The quantitative estimate of drug-likeness (QED) is 0.259. The maximum absolute atomic E-state index is 13.8. The van der Waals surface area contributed by atoms with E-state index in [1.165, 1.54) is 0 Å². The van der Waals surface area contributed by atoms with Gasteiger partial charge in [-0.25, -0.2) is 43.9 Å². The van der Waals surface area contributed by atoms with Gasteiger partial charge >= 0.3 is 0 Å². The van der Waals surface area contributed by atoms with Crippen molar-refractivity contribution in [1.29, 1.82) is 0 Å². The Balaban J connectivity index is 2.99. The van der Waals surface area contributed by atoms with Crippen LogP contribution in [0.15, 0.2) is 0 Å². The molecule has 0 saturated carbocycles. The van der Waals surface area contributed by atoms with Gasteiger partial charge in [-0.3, -0.25) is 0 Å². The van der Waals surface area contributed by atoms with Gasteiger partial charge in [0.1, 0.15) is 0 Å². The highest BCUT2D eigenvalue weighted by atomic mass is 79.9. The van der Waals surface area contributed by atoms with Crippen LogP contribution < -0.4 is 10.6 Å². The van der Waals surface area contributed by atoms with Gasteiger partial charge in [0.15, 0.2) is 46.5 Å². The predicted octanol–water partition coefficient (Wildman–Crippen LogP) is 4.82. The number of benzene rings is 2. The second-order valence-corrected chi connectivity index (χ2v) is 12.6. The second-order valence-electron chi connectivity index (χ2n) is 4.37. The SMILES string of the molecule is Fc1c(F)c(F)c(P(=S)(Br)c2c(F)c(F)c(F)c(F)c2F)c(F)c1F. The molecule has 2 aromatic carbocycles. The fourth-order valence-electron chi connectivity index (χ4n) is 1.80. The van der Waals surface area contributed by atoms with Crippen LogP contribution in [-0.2, 0) is 11.8 Å². The molecular weight excluding hydrogens is 477 g/mol. The van der Waals surface area contributed by atoms with Crippen LogP contribution in [0.5, 0.6) is 0 Å². The molecule has 0 N–H and O–H groups in total. The van der Waals surface area contributed by atoms with Crippen LogP contribution in [0.4, 0.5) is 43.9 Å². The zero-order chi connectivity index (χ0) is 19.4. The van der Waals surface area contributed by atoms with Crippen LogP contribution in [0.2, 0.25) is 0 Å². The van der Waals surface area contributed by atoms with Gasteiger partial charge in [0.25, 0.3) is 0 Å². The molecule has 136 valence electrons. The molecule has 0 fully saturated rings. The zero-order valence-corrected chi connectivity index (χ0v) is 14.3. The average molecular weight is 477 g/mol. The van der Waals surface area contributed by atoms with Crippen LogP contribution in [0.25, 0.3) is 0 Å². The van der Waals surface area contributed by atoms with Crippen LogP contribution in [-0.4, -0.2) is 0 Å². The van der Waals surface area contributed by atoms with Gasteiger partial charge in [0.05, 0.1) is 15.3 Å². The highest BCUT2D eigenvalue weighted by Crippen LogP contribution is 2.55. The summed E-state index contributed by atoms with van der Waals surface area (Å²) >= 11 is 6.75. The molecule has 2 aromatic rings. The molecule has 0 spiro atoms. The fraction of sp³-hybridized carbons (Fsp3) is 0. The first-order valence-corrected chi connectivity index (χ1v) is 10.5. The van der Waals surface area contributed by atoms with E-state index in [1.54, 1.807) is 0 Å². The number of halogens is 11. The molecule has 0 radical (unpaired) electrons. The summed E-state index contributed by atoms with van der Waals surface area (Å²) in [5, 5.41) is -3.80. The molecule has 2 rings (SSSR count). The molecule has 13 heteroatoms. The first-order valence-electron chi connectivity index (χ1n) is 5.69. The van der Waals surface area contributed by atoms with E-state index < -0.39 is 73.5 Å². The van der Waals surface area contributed by atoms with Crippen LogP contribution in [0.3, 0.4) is 0 Å². The molecule has 0 bridgehead atoms. The molecule has 0 aliphatic heterocycles. The topological polar surface area (TPSA) is 0 Å². The standard InChI is InChI=1S/C12BrF10PS/c13-24(25,11-7(20)3(16)1(14)4(17)8(11)21)12-9(22)5(18)2(15)6(19)10(12)23. The summed E-state index contributed by atoms with van der Waals surface area (Å²) in [6.45, 7) is 0. The minimum atomic E-state index is -4.84. The zero-order valence-electron chi connectivity index (χ0n) is 11.0. The third kappa shape index (κ3) is 2.87. The Bertz CT molecular complexity index is 828. The molecule has 0 nitrogen and oxygen atoms in total. The molecule has 0 aliphatic rings. The number of hydrogen-bond acceptors (Lipinski definition) is 1. The maximum Gasteiger partial charge on any atom is 0.200 e. The Morgan fingerprint density at radius 1 is 0.440 bits per heavy atom. The molecule has 0 saturated heterocycles. The van der Waals surface area contributed by atoms with Gasteiger partial charge in [0, 0.05) is 0 Å². The molecular formula is C12BrF10PS. The van der Waals surface area contributed by atoms with Crippen molar-refractivity contribution in [3.05, 3.63) is 58.2 Å². The van der Waals surface area contributed by atoms with E-state index in [0.29, 0.717) is 0 Å². The van der Waals surface area contributed by atoms with E-state index in [-0.39, 0.29) is 0 Å². The summed E-state index contributed by atoms with van der Waals surface area (Å²) in [6, 6.07) is 0. The van der Waals surface area contributed by atoms with E-state index >= 15 is 0 Å². The lowest BCUT2D eigenvalue weighted by Crippen LogP contribution is -2.28. The smallest absolute Gasteiger partial charge is 0.200 e. The highest BCUT2D eigenvalue weighted by molar-refractivity contribution is 9.45. The van der Waals surface area contributed by atoms with Crippen molar-refractivity contribution < 1.29 is 43.9 Å². The molecule has 0 aliphatic carbocycles. The monoisotopic (exact) mass is 476 g/mol. The lowest BCUT2D eigenvalue weighted by atomic mass is 10.3. The fourth-order valence-corrected chi connectivity index (χ4v) is 6.26. The Hall–Kier alpha value is -1.13. The Labute approximate surface area is 145 Å². The van der Waals surface area contributed by atoms with Crippen molar-refractivity contribution in [3.8, 4) is 0 Å². The summed E-state index contributed by atoms with van der Waals surface area (Å²) in [5.74, 6) is -25.4. The third-order valence-corrected chi connectivity index (χ3v) is 8.11. The Morgan fingerprint density at radius 2 is 0.600 bits per heavy atom. The lowest BCUT2D eigenvalue weighted by Gasteiger charge is -2.20. The van der Waals surface area contributed by atoms with E-state index in [2.05, 4.69) is 27.3 Å². The Kier molecular flexibility index (Phi) is 5.29. The van der Waals surface area contributed by atoms with Crippen LogP contribution in [0, 0.1) is 58.2 Å². The Morgan fingerprint density at radius 3 is 0.800 bits per heavy atom.